The van der Waals surface area contributed by atoms with Gasteiger partial charge in [0.1, 0.15) is 5.82 Å². The highest BCUT2D eigenvalue weighted by Crippen LogP contribution is 2.24. The monoisotopic (exact) mass is 474 g/mol. The second kappa shape index (κ2) is 9.23. The lowest BCUT2D eigenvalue weighted by atomic mass is 10.1. The van der Waals surface area contributed by atoms with Crippen molar-refractivity contribution in [2.24, 2.45) is 0 Å². The van der Waals surface area contributed by atoms with Gasteiger partial charge in [-0.2, -0.15) is 0 Å². The van der Waals surface area contributed by atoms with Crippen LogP contribution in [-0.2, 0) is 16.6 Å². The average molecular weight is 475 g/mol. The van der Waals surface area contributed by atoms with Gasteiger partial charge >= 0.3 is 0 Å². The van der Waals surface area contributed by atoms with Crippen molar-refractivity contribution in [1.82, 2.24) is 14.9 Å². The molecule has 8 heteroatoms. The summed E-state index contributed by atoms with van der Waals surface area (Å²) in [6.45, 7) is 5.67. The van der Waals surface area contributed by atoms with Crippen molar-refractivity contribution < 1.29 is 13.2 Å². The molecule has 0 saturated carbocycles. The summed E-state index contributed by atoms with van der Waals surface area (Å²) >= 11 is 0. The van der Waals surface area contributed by atoms with Crippen molar-refractivity contribution in [1.29, 1.82) is 0 Å². The maximum atomic E-state index is 13.3. The zero-order valence-corrected chi connectivity index (χ0v) is 20.3. The molecule has 0 aliphatic heterocycles. The predicted octanol–water partition coefficient (Wildman–Crippen LogP) is 4.63. The summed E-state index contributed by atoms with van der Waals surface area (Å²) in [5.74, 6) is 0.175. The molecule has 0 saturated heterocycles. The number of aromatic nitrogens is 2. The first kappa shape index (κ1) is 23.4. The van der Waals surface area contributed by atoms with Crippen LogP contribution in [0.5, 0.6) is 0 Å². The minimum Gasteiger partial charge on any atom is -0.334 e. The molecule has 0 aliphatic rings. The van der Waals surface area contributed by atoms with E-state index >= 15 is 0 Å². The van der Waals surface area contributed by atoms with Crippen molar-refractivity contribution in [3.8, 4) is 0 Å². The van der Waals surface area contributed by atoms with Gasteiger partial charge in [-0.15, -0.1) is 0 Å². The second-order valence-corrected chi connectivity index (χ2v) is 9.97. The third kappa shape index (κ3) is 4.77. The minimum atomic E-state index is -3.88. The highest BCUT2D eigenvalue weighted by atomic mass is 32.2. The number of amides is 1. The lowest BCUT2D eigenvalue weighted by Crippen LogP contribution is -2.28. The number of anilines is 1. The highest BCUT2D eigenvalue weighted by molar-refractivity contribution is 7.92. The van der Waals surface area contributed by atoms with Gasteiger partial charge in [0, 0.05) is 18.1 Å². The molecule has 34 heavy (non-hydrogen) atoms. The minimum absolute atomic E-state index is 0.183. The van der Waals surface area contributed by atoms with Crippen LogP contribution in [0.1, 0.15) is 33.0 Å². The Labute approximate surface area is 199 Å². The first-order valence-corrected chi connectivity index (χ1v) is 12.3. The van der Waals surface area contributed by atoms with E-state index in [0.29, 0.717) is 11.4 Å². The number of hydrogen-bond acceptors (Lipinski definition) is 5. The van der Waals surface area contributed by atoms with Gasteiger partial charge < -0.3 is 4.90 Å². The molecule has 7 nitrogen and oxygen atoms in total. The molecular weight excluding hydrogens is 448 g/mol. The largest absolute Gasteiger partial charge is 0.334 e. The van der Waals surface area contributed by atoms with E-state index in [1.54, 1.807) is 50.4 Å². The third-order valence-electron chi connectivity index (χ3n) is 5.60. The molecule has 0 radical (unpaired) electrons. The Bertz CT molecular complexity index is 1500. The molecule has 4 rings (SSSR count). The van der Waals surface area contributed by atoms with Gasteiger partial charge in [-0.1, -0.05) is 42.5 Å². The second-order valence-electron chi connectivity index (χ2n) is 8.32. The van der Waals surface area contributed by atoms with Gasteiger partial charge in [-0.3, -0.25) is 9.52 Å². The van der Waals surface area contributed by atoms with Crippen LogP contribution in [0, 0.1) is 20.8 Å². The van der Waals surface area contributed by atoms with Crippen LogP contribution < -0.4 is 4.72 Å². The van der Waals surface area contributed by atoms with Gasteiger partial charge in [-0.25, -0.2) is 18.4 Å². The molecule has 0 atom stereocenters. The quantitative estimate of drug-likeness (QED) is 0.440. The summed E-state index contributed by atoms with van der Waals surface area (Å²) in [6.07, 6.45) is 0. The smallest absolute Gasteiger partial charge is 0.262 e. The number of nitrogens with zero attached hydrogens (tertiary/aromatic N) is 3. The number of hydrogen-bond donors (Lipinski definition) is 1. The Balaban J connectivity index is 1.61. The molecule has 1 amide bonds. The van der Waals surface area contributed by atoms with Crippen LogP contribution in [-0.4, -0.2) is 36.2 Å². The van der Waals surface area contributed by atoms with Crippen LogP contribution in [0.25, 0.3) is 10.9 Å². The molecule has 174 valence electrons. The zero-order valence-electron chi connectivity index (χ0n) is 19.5. The lowest BCUT2D eigenvalue weighted by molar-refractivity contribution is 0.0782. The van der Waals surface area contributed by atoms with Crippen molar-refractivity contribution in [2.75, 3.05) is 11.8 Å². The molecule has 0 bridgehead atoms. The molecule has 1 aromatic heterocycles. The molecular formula is C26H26N4O3S. The van der Waals surface area contributed by atoms with E-state index in [2.05, 4.69) is 14.7 Å². The van der Waals surface area contributed by atoms with Crippen molar-refractivity contribution in [2.45, 2.75) is 32.2 Å². The Morgan fingerprint density at radius 2 is 1.65 bits per heavy atom. The van der Waals surface area contributed by atoms with E-state index in [1.807, 2.05) is 44.2 Å². The first-order valence-electron chi connectivity index (χ1n) is 10.8. The highest BCUT2D eigenvalue weighted by Gasteiger charge is 2.22. The first-order chi connectivity index (χ1) is 16.2. The maximum absolute atomic E-state index is 13.3. The normalized spacial score (nSPS) is 11.4. The third-order valence-corrected chi connectivity index (χ3v) is 7.11. The SMILES string of the molecule is Cc1ccc(C)c(S(=O)(=O)Nc2ccccc2C(=O)N(C)Cc2nc(C)c3ccccc3n2)c1. The van der Waals surface area contributed by atoms with E-state index in [9.17, 15) is 13.2 Å². The van der Waals surface area contributed by atoms with E-state index < -0.39 is 10.0 Å². The number of para-hydroxylation sites is 2. The van der Waals surface area contributed by atoms with Crippen LogP contribution in [0.4, 0.5) is 5.69 Å². The van der Waals surface area contributed by atoms with Gasteiger partial charge in [-0.05, 0) is 56.2 Å². The summed E-state index contributed by atoms with van der Waals surface area (Å²) in [5.41, 5.74) is 3.58. The van der Waals surface area contributed by atoms with Crippen LogP contribution >= 0.6 is 0 Å². The van der Waals surface area contributed by atoms with Crippen LogP contribution in [0.2, 0.25) is 0 Å². The standard InChI is InChI=1S/C26H26N4O3S/c1-17-13-14-18(2)24(15-17)34(32,33)29-23-12-8-6-10-21(23)26(31)30(4)16-25-27-19(3)20-9-5-7-11-22(20)28-25/h5-15,29H,16H2,1-4H3. The Morgan fingerprint density at radius 1 is 0.941 bits per heavy atom. The molecule has 0 unspecified atom stereocenters. The molecule has 1 N–H and O–H groups in total. The lowest BCUT2D eigenvalue weighted by Gasteiger charge is -2.20. The Kier molecular flexibility index (Phi) is 6.34. The molecule has 0 fully saturated rings. The fourth-order valence-electron chi connectivity index (χ4n) is 3.81. The number of carbonyl (C=O) groups excluding carboxylic acids is 1. The summed E-state index contributed by atoms with van der Waals surface area (Å²) in [6, 6.07) is 19.5. The fraction of sp³-hybridized carbons (Fsp3) is 0.192. The maximum Gasteiger partial charge on any atom is 0.262 e. The van der Waals surface area contributed by atoms with E-state index in [4.69, 9.17) is 0 Å². The van der Waals surface area contributed by atoms with Crippen molar-refractivity contribution >= 4 is 32.5 Å². The number of benzene rings is 3. The summed E-state index contributed by atoms with van der Waals surface area (Å²) in [7, 11) is -2.24. The van der Waals surface area contributed by atoms with Crippen molar-refractivity contribution in [3.63, 3.8) is 0 Å². The van der Waals surface area contributed by atoms with Crippen LogP contribution in [0.3, 0.4) is 0 Å². The summed E-state index contributed by atoms with van der Waals surface area (Å²) < 4.78 is 28.8. The number of aryl methyl sites for hydroxylation is 3. The predicted molar refractivity (Wildman–Crippen MR) is 133 cm³/mol. The molecule has 0 aliphatic carbocycles. The summed E-state index contributed by atoms with van der Waals surface area (Å²) in [4.78, 5) is 24.1. The van der Waals surface area contributed by atoms with Gasteiger partial charge in [0.15, 0.2) is 0 Å². The average Bonchev–Trinajstić information content (AvgIpc) is 2.80. The number of carbonyl (C=O) groups is 1. The Morgan fingerprint density at radius 3 is 2.44 bits per heavy atom. The summed E-state index contributed by atoms with van der Waals surface area (Å²) in [5, 5.41) is 0.964. The van der Waals surface area contributed by atoms with Crippen molar-refractivity contribution in [3.05, 3.63) is 94.9 Å². The molecule has 4 aromatic rings. The van der Waals surface area contributed by atoms with E-state index in [-0.39, 0.29) is 28.6 Å². The van der Waals surface area contributed by atoms with E-state index in [0.717, 1.165) is 22.2 Å². The molecule has 0 spiro atoms. The Hall–Kier alpha value is -3.78. The van der Waals surface area contributed by atoms with Gasteiger partial charge in [0.25, 0.3) is 15.9 Å². The van der Waals surface area contributed by atoms with Gasteiger partial charge in [0.2, 0.25) is 0 Å². The fourth-order valence-corrected chi connectivity index (χ4v) is 5.22. The van der Waals surface area contributed by atoms with Crippen LogP contribution in [0.15, 0.2) is 71.6 Å². The van der Waals surface area contributed by atoms with E-state index in [1.165, 1.54) is 4.90 Å². The molecule has 1 heterocycles. The number of rotatable bonds is 6. The zero-order chi connectivity index (χ0) is 24.5. The topological polar surface area (TPSA) is 92.3 Å². The number of nitrogens with one attached hydrogen (secondary N) is 1. The number of fused-ring (bicyclic) bond motifs is 1. The van der Waals surface area contributed by atoms with Gasteiger partial charge in [0.05, 0.1) is 28.2 Å². The molecule has 3 aromatic carbocycles. The number of sulfonamides is 1.